The molecule has 0 aliphatic rings. The van der Waals surface area contributed by atoms with Crippen molar-refractivity contribution in [3.63, 3.8) is 0 Å². The van der Waals surface area contributed by atoms with Gasteiger partial charge in [0.05, 0.1) is 0 Å². The van der Waals surface area contributed by atoms with Crippen molar-refractivity contribution in [1.82, 2.24) is 19.7 Å². The maximum atomic E-state index is 10.7. The zero-order valence-corrected chi connectivity index (χ0v) is 11.4. The molecule has 2 heterocycles. The highest BCUT2D eigenvalue weighted by molar-refractivity contribution is 5.85. The Morgan fingerprint density at radius 2 is 2.20 bits per heavy atom. The lowest BCUT2D eigenvalue weighted by atomic mass is 10.2. The lowest BCUT2D eigenvalue weighted by molar-refractivity contribution is -0.131. The van der Waals surface area contributed by atoms with E-state index in [1.165, 1.54) is 6.08 Å². The number of aromatic nitrogens is 4. The fraction of sp³-hybridized carbons (Fsp3) is 0.286. The second-order valence-electron chi connectivity index (χ2n) is 4.15. The van der Waals surface area contributed by atoms with Gasteiger partial charge in [0.25, 0.3) is 0 Å². The van der Waals surface area contributed by atoms with Gasteiger partial charge >= 0.3 is 5.97 Å². The molecule has 1 N–H and O–H groups in total. The van der Waals surface area contributed by atoms with Crippen molar-refractivity contribution in [3.8, 4) is 5.82 Å². The molecule has 0 bridgehead atoms. The van der Waals surface area contributed by atoms with Gasteiger partial charge in [0.15, 0.2) is 11.6 Å². The second kappa shape index (κ2) is 6.10. The number of aliphatic carboxylic acids is 1. The summed E-state index contributed by atoms with van der Waals surface area (Å²) in [7, 11) is 0. The average Bonchev–Trinajstić information content (AvgIpc) is 2.88. The van der Waals surface area contributed by atoms with Crippen LogP contribution in [0.15, 0.2) is 24.4 Å². The number of nitrogens with zero attached hydrogens (tertiary/aromatic N) is 4. The van der Waals surface area contributed by atoms with Crippen LogP contribution in [0.1, 0.15) is 31.1 Å². The number of hydrogen-bond donors (Lipinski definition) is 1. The summed E-state index contributed by atoms with van der Waals surface area (Å²) in [5.74, 6) is 1.16. The van der Waals surface area contributed by atoms with Crippen LogP contribution in [0.25, 0.3) is 11.9 Å². The van der Waals surface area contributed by atoms with E-state index in [0.717, 1.165) is 30.6 Å². The van der Waals surface area contributed by atoms with E-state index in [9.17, 15) is 4.79 Å². The van der Waals surface area contributed by atoms with Crippen LogP contribution in [-0.2, 0) is 17.6 Å². The summed E-state index contributed by atoms with van der Waals surface area (Å²) in [5.41, 5.74) is 0.692. The zero-order chi connectivity index (χ0) is 14.5. The number of carboxylic acid groups (broad SMARTS) is 1. The summed E-state index contributed by atoms with van der Waals surface area (Å²) in [6.45, 7) is 3.98. The fourth-order valence-corrected chi connectivity index (χ4v) is 1.82. The summed E-state index contributed by atoms with van der Waals surface area (Å²) >= 11 is 0. The molecule has 2 rings (SSSR count). The summed E-state index contributed by atoms with van der Waals surface area (Å²) in [4.78, 5) is 19.4. The molecular formula is C14H16N4O2. The van der Waals surface area contributed by atoms with Crippen molar-refractivity contribution < 1.29 is 9.90 Å². The highest BCUT2D eigenvalue weighted by atomic mass is 16.4. The minimum absolute atomic E-state index is 0.592. The highest BCUT2D eigenvalue weighted by Crippen LogP contribution is 2.15. The van der Waals surface area contributed by atoms with Crippen molar-refractivity contribution in [2.75, 3.05) is 0 Å². The van der Waals surface area contributed by atoms with Crippen molar-refractivity contribution in [1.29, 1.82) is 0 Å². The van der Waals surface area contributed by atoms with Crippen molar-refractivity contribution >= 4 is 12.0 Å². The molecule has 0 atom stereocenters. The molecule has 0 aromatic carbocycles. The van der Waals surface area contributed by atoms with Gasteiger partial charge in [-0.05, 0) is 18.2 Å². The Hall–Kier alpha value is -2.50. The van der Waals surface area contributed by atoms with E-state index in [1.54, 1.807) is 23.0 Å². The molecule has 0 radical (unpaired) electrons. The van der Waals surface area contributed by atoms with Crippen molar-refractivity contribution in [3.05, 3.63) is 41.6 Å². The number of carbonyl (C=O) groups is 1. The lowest BCUT2D eigenvalue weighted by Crippen LogP contribution is -2.06. The van der Waals surface area contributed by atoms with Gasteiger partial charge in [-0.1, -0.05) is 13.8 Å². The standard InChI is InChI=1S/C14H16N4O2/c1-3-11-16-12(4-2)18(17-11)14-10(6-5-9-15-14)7-8-13(19)20/h5-9H,3-4H2,1-2H3,(H,19,20)/b8-7+. The Morgan fingerprint density at radius 1 is 1.40 bits per heavy atom. The van der Waals surface area contributed by atoms with E-state index in [1.807, 2.05) is 13.8 Å². The Kier molecular flexibility index (Phi) is 4.24. The van der Waals surface area contributed by atoms with Crippen LogP contribution < -0.4 is 0 Å². The van der Waals surface area contributed by atoms with Crippen LogP contribution in [0.5, 0.6) is 0 Å². The third kappa shape index (κ3) is 2.90. The molecule has 2 aromatic rings. The van der Waals surface area contributed by atoms with E-state index >= 15 is 0 Å². The third-order valence-electron chi connectivity index (χ3n) is 2.77. The number of pyridine rings is 1. The molecule has 0 saturated carbocycles. The van der Waals surface area contributed by atoms with Crippen LogP contribution >= 0.6 is 0 Å². The first kappa shape index (κ1) is 13.9. The Morgan fingerprint density at radius 3 is 2.85 bits per heavy atom. The van der Waals surface area contributed by atoms with Crippen LogP contribution in [0, 0.1) is 0 Å². The molecular weight excluding hydrogens is 256 g/mol. The van der Waals surface area contributed by atoms with Crippen LogP contribution in [0.2, 0.25) is 0 Å². The number of carboxylic acids is 1. The van der Waals surface area contributed by atoms with E-state index < -0.39 is 5.97 Å². The van der Waals surface area contributed by atoms with Gasteiger partial charge < -0.3 is 5.11 Å². The smallest absolute Gasteiger partial charge is 0.328 e. The average molecular weight is 272 g/mol. The van der Waals surface area contributed by atoms with Gasteiger partial charge in [-0.25, -0.2) is 14.8 Å². The number of rotatable bonds is 5. The zero-order valence-electron chi connectivity index (χ0n) is 11.4. The molecule has 0 unspecified atom stereocenters. The Labute approximate surface area is 116 Å². The van der Waals surface area contributed by atoms with Gasteiger partial charge in [0.1, 0.15) is 5.82 Å². The van der Waals surface area contributed by atoms with E-state index in [2.05, 4.69) is 15.1 Å². The van der Waals surface area contributed by atoms with Gasteiger partial charge in [-0.2, -0.15) is 4.68 Å². The van der Waals surface area contributed by atoms with E-state index in [-0.39, 0.29) is 0 Å². The molecule has 0 amide bonds. The quantitative estimate of drug-likeness (QED) is 0.840. The lowest BCUT2D eigenvalue weighted by Gasteiger charge is -2.06. The molecule has 0 fully saturated rings. The summed E-state index contributed by atoms with van der Waals surface area (Å²) in [5, 5.41) is 13.2. The Balaban J connectivity index is 2.52. The van der Waals surface area contributed by atoms with Gasteiger partial charge in [0.2, 0.25) is 0 Å². The molecule has 104 valence electrons. The van der Waals surface area contributed by atoms with Crippen LogP contribution in [0.4, 0.5) is 0 Å². The molecule has 2 aromatic heterocycles. The summed E-state index contributed by atoms with van der Waals surface area (Å²) in [6.07, 6.45) is 5.72. The maximum absolute atomic E-state index is 10.7. The number of aryl methyl sites for hydroxylation is 2. The number of hydrogen-bond acceptors (Lipinski definition) is 4. The topological polar surface area (TPSA) is 80.9 Å². The molecule has 0 spiro atoms. The predicted molar refractivity (Wildman–Crippen MR) is 74.6 cm³/mol. The molecule has 6 heteroatoms. The first-order valence-electron chi connectivity index (χ1n) is 6.46. The summed E-state index contributed by atoms with van der Waals surface area (Å²) < 4.78 is 1.68. The van der Waals surface area contributed by atoms with Gasteiger partial charge in [-0.15, -0.1) is 5.10 Å². The van der Waals surface area contributed by atoms with Crippen molar-refractivity contribution in [2.24, 2.45) is 0 Å². The molecule has 20 heavy (non-hydrogen) atoms. The monoisotopic (exact) mass is 272 g/mol. The van der Waals surface area contributed by atoms with Gasteiger partial charge in [0, 0.05) is 30.7 Å². The molecule has 0 saturated heterocycles. The molecule has 6 nitrogen and oxygen atoms in total. The third-order valence-corrected chi connectivity index (χ3v) is 2.77. The highest BCUT2D eigenvalue weighted by Gasteiger charge is 2.12. The predicted octanol–water partition coefficient (Wildman–Crippen LogP) is 1.88. The first-order chi connectivity index (χ1) is 9.65. The van der Waals surface area contributed by atoms with Crippen LogP contribution in [-0.4, -0.2) is 30.8 Å². The van der Waals surface area contributed by atoms with E-state index in [4.69, 9.17) is 5.11 Å². The van der Waals surface area contributed by atoms with Gasteiger partial charge in [-0.3, -0.25) is 0 Å². The summed E-state index contributed by atoms with van der Waals surface area (Å²) in [6, 6.07) is 3.56. The SMILES string of the molecule is CCc1nc(CC)n(-c2ncccc2/C=C/C(=O)O)n1. The second-order valence-corrected chi connectivity index (χ2v) is 4.15. The fourth-order valence-electron chi connectivity index (χ4n) is 1.82. The van der Waals surface area contributed by atoms with Crippen LogP contribution in [0.3, 0.4) is 0 Å². The van der Waals surface area contributed by atoms with Crippen molar-refractivity contribution in [2.45, 2.75) is 26.7 Å². The largest absolute Gasteiger partial charge is 0.478 e. The van der Waals surface area contributed by atoms with E-state index in [0.29, 0.717) is 11.4 Å². The minimum atomic E-state index is -0.997. The maximum Gasteiger partial charge on any atom is 0.328 e. The first-order valence-corrected chi connectivity index (χ1v) is 6.46. The Bertz CT molecular complexity index is 646. The minimum Gasteiger partial charge on any atom is -0.478 e. The molecule has 0 aliphatic heterocycles. The molecule has 0 aliphatic carbocycles. The normalized spacial score (nSPS) is 11.1.